The summed E-state index contributed by atoms with van der Waals surface area (Å²) >= 11 is 5.96. The first-order chi connectivity index (χ1) is 8.59. The highest BCUT2D eigenvalue weighted by molar-refractivity contribution is 6.31. The van der Waals surface area contributed by atoms with E-state index in [2.05, 4.69) is 0 Å². The van der Waals surface area contributed by atoms with E-state index in [-0.39, 0.29) is 17.8 Å². The van der Waals surface area contributed by atoms with E-state index in [0.29, 0.717) is 23.6 Å². The maximum atomic E-state index is 13.6. The smallest absolute Gasteiger partial charge is 0.234 e. The van der Waals surface area contributed by atoms with Gasteiger partial charge in [0.2, 0.25) is 5.91 Å². The second-order valence-corrected chi connectivity index (χ2v) is 4.95. The lowest BCUT2D eigenvalue weighted by molar-refractivity contribution is -0.122. The Hall–Kier alpha value is -1.13. The summed E-state index contributed by atoms with van der Waals surface area (Å²) < 4.78 is 13.6. The van der Waals surface area contributed by atoms with E-state index in [1.165, 1.54) is 6.07 Å². The highest BCUT2D eigenvalue weighted by atomic mass is 35.5. The molecule has 1 amide bonds. The predicted molar refractivity (Wildman–Crippen MR) is 68.9 cm³/mol. The first-order valence-corrected chi connectivity index (χ1v) is 6.43. The molecule has 1 unspecified atom stereocenters. The zero-order valence-electron chi connectivity index (χ0n) is 10.0. The molecule has 1 atom stereocenters. The molecule has 0 spiro atoms. The number of amides is 1. The van der Waals surface area contributed by atoms with Gasteiger partial charge < -0.3 is 5.73 Å². The van der Waals surface area contributed by atoms with E-state index >= 15 is 0 Å². The molecule has 1 aliphatic rings. The van der Waals surface area contributed by atoms with Crippen LogP contribution in [0.15, 0.2) is 18.2 Å². The van der Waals surface area contributed by atoms with Gasteiger partial charge in [0.25, 0.3) is 0 Å². The van der Waals surface area contributed by atoms with Gasteiger partial charge in [-0.2, -0.15) is 0 Å². The SMILES string of the molecule is NC(=O)C1CCCN1CCc1c(F)cccc1Cl. The van der Waals surface area contributed by atoms with Gasteiger partial charge in [0.15, 0.2) is 0 Å². The van der Waals surface area contributed by atoms with Crippen molar-refractivity contribution in [2.24, 2.45) is 5.73 Å². The summed E-state index contributed by atoms with van der Waals surface area (Å²) in [6, 6.07) is 4.45. The van der Waals surface area contributed by atoms with Crippen LogP contribution in [0, 0.1) is 5.82 Å². The fourth-order valence-electron chi connectivity index (χ4n) is 2.44. The summed E-state index contributed by atoms with van der Waals surface area (Å²) in [4.78, 5) is 13.2. The van der Waals surface area contributed by atoms with Crippen molar-refractivity contribution in [3.63, 3.8) is 0 Å². The lowest BCUT2D eigenvalue weighted by Gasteiger charge is -2.21. The maximum Gasteiger partial charge on any atom is 0.234 e. The molecule has 98 valence electrons. The molecule has 0 aliphatic carbocycles. The van der Waals surface area contributed by atoms with Crippen molar-refractivity contribution in [2.75, 3.05) is 13.1 Å². The molecule has 2 rings (SSSR count). The molecule has 0 radical (unpaired) electrons. The van der Waals surface area contributed by atoms with E-state index in [0.717, 1.165) is 19.4 Å². The molecule has 1 aromatic rings. The van der Waals surface area contributed by atoms with E-state index in [4.69, 9.17) is 17.3 Å². The Labute approximate surface area is 111 Å². The van der Waals surface area contributed by atoms with Gasteiger partial charge in [0.1, 0.15) is 5.82 Å². The van der Waals surface area contributed by atoms with Crippen LogP contribution in [-0.2, 0) is 11.2 Å². The molecule has 0 bridgehead atoms. The Morgan fingerprint density at radius 2 is 2.33 bits per heavy atom. The summed E-state index contributed by atoms with van der Waals surface area (Å²) in [5, 5.41) is 0.435. The third-order valence-electron chi connectivity index (χ3n) is 3.40. The number of hydrogen-bond acceptors (Lipinski definition) is 2. The molecule has 3 nitrogen and oxygen atoms in total. The van der Waals surface area contributed by atoms with Crippen LogP contribution in [-0.4, -0.2) is 29.9 Å². The van der Waals surface area contributed by atoms with Gasteiger partial charge in [-0.15, -0.1) is 0 Å². The summed E-state index contributed by atoms with van der Waals surface area (Å²) in [5.74, 6) is -0.593. The van der Waals surface area contributed by atoms with Crippen LogP contribution in [0.3, 0.4) is 0 Å². The number of benzene rings is 1. The van der Waals surface area contributed by atoms with Crippen molar-refractivity contribution in [1.29, 1.82) is 0 Å². The lowest BCUT2D eigenvalue weighted by Crippen LogP contribution is -2.41. The zero-order valence-corrected chi connectivity index (χ0v) is 10.8. The number of carbonyl (C=O) groups excluding carboxylic acids is 1. The van der Waals surface area contributed by atoms with Gasteiger partial charge in [-0.3, -0.25) is 9.69 Å². The Kier molecular flexibility index (Phi) is 4.19. The van der Waals surface area contributed by atoms with Crippen LogP contribution in [0.1, 0.15) is 18.4 Å². The number of likely N-dealkylation sites (tertiary alicyclic amines) is 1. The van der Waals surface area contributed by atoms with Crippen molar-refractivity contribution < 1.29 is 9.18 Å². The molecule has 0 saturated carbocycles. The molecule has 1 saturated heterocycles. The number of rotatable bonds is 4. The lowest BCUT2D eigenvalue weighted by atomic mass is 10.1. The quantitative estimate of drug-likeness (QED) is 0.909. The van der Waals surface area contributed by atoms with Crippen LogP contribution in [0.25, 0.3) is 0 Å². The van der Waals surface area contributed by atoms with E-state index in [1.54, 1.807) is 12.1 Å². The maximum absolute atomic E-state index is 13.6. The van der Waals surface area contributed by atoms with Gasteiger partial charge in [-0.05, 0) is 37.9 Å². The standard InChI is InChI=1S/C13H16ClFN2O/c14-10-3-1-4-11(15)9(10)6-8-17-7-2-5-12(17)13(16)18/h1,3-4,12H,2,5-8H2,(H2,16,18). The highest BCUT2D eigenvalue weighted by Gasteiger charge is 2.28. The third kappa shape index (κ3) is 2.82. The largest absolute Gasteiger partial charge is 0.368 e. The molecule has 2 N–H and O–H groups in total. The van der Waals surface area contributed by atoms with Crippen LogP contribution in [0.5, 0.6) is 0 Å². The summed E-state index contributed by atoms with van der Waals surface area (Å²) in [6.45, 7) is 1.44. The molecule has 1 aliphatic heterocycles. The number of nitrogens with zero attached hydrogens (tertiary/aromatic N) is 1. The monoisotopic (exact) mass is 270 g/mol. The van der Waals surface area contributed by atoms with Gasteiger partial charge in [-0.1, -0.05) is 17.7 Å². The summed E-state index contributed by atoms with van der Waals surface area (Å²) in [6.07, 6.45) is 2.24. The fourth-order valence-corrected chi connectivity index (χ4v) is 2.70. The van der Waals surface area contributed by atoms with Crippen molar-refractivity contribution in [2.45, 2.75) is 25.3 Å². The minimum absolute atomic E-state index is 0.212. The first-order valence-electron chi connectivity index (χ1n) is 6.06. The van der Waals surface area contributed by atoms with Crippen LogP contribution >= 0.6 is 11.6 Å². The van der Waals surface area contributed by atoms with E-state index < -0.39 is 0 Å². The van der Waals surface area contributed by atoms with Gasteiger partial charge in [0.05, 0.1) is 6.04 Å². The Balaban J connectivity index is 2.01. The van der Waals surface area contributed by atoms with E-state index in [1.807, 2.05) is 4.90 Å². The first kappa shape index (κ1) is 13.3. The molecular weight excluding hydrogens is 255 g/mol. The average Bonchev–Trinajstić information content (AvgIpc) is 2.76. The topological polar surface area (TPSA) is 46.3 Å². The van der Waals surface area contributed by atoms with Gasteiger partial charge in [0, 0.05) is 17.1 Å². The Morgan fingerprint density at radius 3 is 3.00 bits per heavy atom. The normalized spacial score (nSPS) is 20.2. The zero-order chi connectivity index (χ0) is 13.1. The Bertz CT molecular complexity index is 432. The van der Waals surface area contributed by atoms with Crippen LogP contribution in [0.4, 0.5) is 4.39 Å². The molecule has 1 aromatic carbocycles. The molecular formula is C13H16ClFN2O. The predicted octanol–water partition coefficient (Wildman–Crippen LogP) is 1.97. The number of primary amides is 1. The van der Waals surface area contributed by atoms with Crippen molar-refractivity contribution in [3.8, 4) is 0 Å². The molecule has 1 fully saturated rings. The summed E-state index contributed by atoms with van der Waals surface area (Å²) in [5.41, 5.74) is 5.84. The summed E-state index contributed by atoms with van der Waals surface area (Å²) in [7, 11) is 0. The number of nitrogens with two attached hydrogens (primary N) is 1. The van der Waals surface area contributed by atoms with Gasteiger partial charge >= 0.3 is 0 Å². The fraction of sp³-hybridized carbons (Fsp3) is 0.462. The molecule has 1 heterocycles. The van der Waals surface area contributed by atoms with Crippen molar-refractivity contribution in [1.82, 2.24) is 4.90 Å². The second-order valence-electron chi connectivity index (χ2n) is 4.55. The number of carbonyl (C=O) groups is 1. The third-order valence-corrected chi connectivity index (χ3v) is 3.76. The van der Waals surface area contributed by atoms with E-state index in [9.17, 15) is 9.18 Å². The average molecular weight is 271 g/mol. The molecule has 0 aromatic heterocycles. The minimum Gasteiger partial charge on any atom is -0.368 e. The highest BCUT2D eigenvalue weighted by Crippen LogP contribution is 2.22. The molecule has 5 heteroatoms. The van der Waals surface area contributed by atoms with Crippen LogP contribution < -0.4 is 5.73 Å². The molecule has 18 heavy (non-hydrogen) atoms. The van der Waals surface area contributed by atoms with Crippen molar-refractivity contribution >= 4 is 17.5 Å². The Morgan fingerprint density at radius 1 is 1.56 bits per heavy atom. The van der Waals surface area contributed by atoms with Crippen molar-refractivity contribution in [3.05, 3.63) is 34.6 Å². The minimum atomic E-state index is -0.299. The van der Waals surface area contributed by atoms with Gasteiger partial charge in [-0.25, -0.2) is 4.39 Å². The van der Waals surface area contributed by atoms with Crippen LogP contribution in [0.2, 0.25) is 5.02 Å². The second kappa shape index (κ2) is 5.67. The number of hydrogen-bond donors (Lipinski definition) is 1. The number of halogens is 2.